The van der Waals surface area contributed by atoms with E-state index < -0.39 is 0 Å². The Labute approximate surface area is 92.4 Å². The maximum atomic E-state index is 4.57. The second kappa shape index (κ2) is 6.23. The summed E-state index contributed by atoms with van der Waals surface area (Å²) in [6, 6.07) is 8.39. The lowest BCUT2D eigenvalue weighted by Gasteiger charge is -2.06. The summed E-state index contributed by atoms with van der Waals surface area (Å²) in [5.41, 5.74) is 2.62. The summed E-state index contributed by atoms with van der Waals surface area (Å²) in [5, 5.41) is 3.27. The first kappa shape index (κ1) is 11.8. The van der Waals surface area contributed by atoms with Gasteiger partial charge in [-0.25, -0.2) is 0 Å². The Balaban J connectivity index is 2.65. The van der Waals surface area contributed by atoms with E-state index in [0.717, 1.165) is 25.3 Å². The minimum Gasteiger partial charge on any atom is -0.374 e. The van der Waals surface area contributed by atoms with Gasteiger partial charge in [0.2, 0.25) is 0 Å². The summed E-state index contributed by atoms with van der Waals surface area (Å²) in [5.74, 6) is 1.10. The van der Waals surface area contributed by atoms with Crippen molar-refractivity contribution >= 4 is 5.84 Å². The van der Waals surface area contributed by atoms with Crippen molar-refractivity contribution in [2.24, 2.45) is 4.99 Å². The summed E-state index contributed by atoms with van der Waals surface area (Å²) in [4.78, 5) is 4.57. The maximum Gasteiger partial charge on any atom is 0.0964 e. The van der Waals surface area contributed by atoms with E-state index in [4.69, 9.17) is 0 Å². The van der Waals surface area contributed by atoms with E-state index in [0.29, 0.717) is 0 Å². The third-order valence-electron chi connectivity index (χ3n) is 2.42. The molecular weight excluding hydrogens is 184 g/mol. The molecule has 0 bridgehead atoms. The highest BCUT2D eigenvalue weighted by Gasteiger charge is 1.96. The van der Waals surface area contributed by atoms with Crippen LogP contribution in [0.5, 0.6) is 0 Å². The second-order valence-corrected chi connectivity index (χ2v) is 3.57. The number of nitrogens with zero attached hydrogens (tertiary/aromatic N) is 1. The Bertz CT molecular complexity index is 329. The van der Waals surface area contributed by atoms with E-state index in [9.17, 15) is 0 Å². The van der Waals surface area contributed by atoms with Crippen LogP contribution in [-0.4, -0.2) is 12.4 Å². The van der Waals surface area contributed by atoms with Gasteiger partial charge in [-0.05, 0) is 25.0 Å². The first-order chi connectivity index (χ1) is 7.27. The maximum absolute atomic E-state index is 4.57. The summed E-state index contributed by atoms with van der Waals surface area (Å²) in [6.07, 6.45) is 0.972. The van der Waals surface area contributed by atoms with Gasteiger partial charge in [0.15, 0.2) is 0 Å². The average Bonchev–Trinajstić information content (AvgIpc) is 2.26. The monoisotopic (exact) mass is 204 g/mol. The number of hydrogen-bond acceptors (Lipinski definition) is 1. The summed E-state index contributed by atoms with van der Waals surface area (Å²) >= 11 is 0. The van der Waals surface area contributed by atoms with Crippen molar-refractivity contribution in [3.05, 3.63) is 35.4 Å². The van der Waals surface area contributed by atoms with Gasteiger partial charge >= 0.3 is 0 Å². The van der Waals surface area contributed by atoms with E-state index in [-0.39, 0.29) is 0 Å². The van der Waals surface area contributed by atoms with Crippen LogP contribution >= 0.6 is 0 Å². The second-order valence-electron chi connectivity index (χ2n) is 3.57. The molecule has 0 aliphatic carbocycles. The average molecular weight is 204 g/mol. The van der Waals surface area contributed by atoms with Gasteiger partial charge in [0.05, 0.1) is 12.4 Å². The normalized spacial score (nSPS) is 11.5. The SMILES string of the molecule is CCNC(CC)=NCc1ccccc1C. The highest BCUT2D eigenvalue weighted by Crippen LogP contribution is 2.08. The number of amidine groups is 1. The molecule has 0 atom stereocenters. The Kier molecular flexibility index (Phi) is 4.88. The Hall–Kier alpha value is -1.31. The number of hydrogen-bond donors (Lipinski definition) is 1. The van der Waals surface area contributed by atoms with Crippen LogP contribution in [0.2, 0.25) is 0 Å². The highest BCUT2D eigenvalue weighted by atomic mass is 15.0. The Morgan fingerprint density at radius 2 is 2.00 bits per heavy atom. The quantitative estimate of drug-likeness (QED) is 0.592. The fourth-order valence-electron chi connectivity index (χ4n) is 1.46. The van der Waals surface area contributed by atoms with Crippen LogP contribution < -0.4 is 5.32 Å². The summed E-state index contributed by atoms with van der Waals surface area (Å²) in [6.45, 7) is 8.07. The van der Waals surface area contributed by atoms with Crippen LogP contribution in [0.3, 0.4) is 0 Å². The molecule has 0 saturated carbocycles. The predicted octanol–water partition coefficient (Wildman–Crippen LogP) is 2.91. The van der Waals surface area contributed by atoms with Crippen LogP contribution in [-0.2, 0) is 6.54 Å². The zero-order chi connectivity index (χ0) is 11.1. The van der Waals surface area contributed by atoms with Crippen molar-refractivity contribution < 1.29 is 0 Å². The number of benzene rings is 1. The van der Waals surface area contributed by atoms with Gasteiger partial charge in [0.25, 0.3) is 0 Å². The summed E-state index contributed by atoms with van der Waals surface area (Å²) in [7, 11) is 0. The van der Waals surface area contributed by atoms with Gasteiger partial charge in [-0.15, -0.1) is 0 Å². The first-order valence-corrected chi connectivity index (χ1v) is 5.59. The van der Waals surface area contributed by atoms with Crippen LogP contribution in [0.4, 0.5) is 0 Å². The molecule has 0 unspecified atom stereocenters. The molecule has 2 nitrogen and oxygen atoms in total. The standard InChI is InChI=1S/C13H20N2/c1-4-13(14-5-2)15-10-12-9-7-6-8-11(12)3/h6-9H,4-5,10H2,1-3H3,(H,14,15). The molecule has 0 radical (unpaired) electrons. The van der Waals surface area contributed by atoms with Gasteiger partial charge < -0.3 is 5.32 Å². The zero-order valence-electron chi connectivity index (χ0n) is 9.88. The van der Waals surface area contributed by atoms with Crippen LogP contribution in [0, 0.1) is 6.92 Å². The highest BCUT2D eigenvalue weighted by molar-refractivity contribution is 5.81. The molecule has 0 amide bonds. The van der Waals surface area contributed by atoms with Gasteiger partial charge in [0.1, 0.15) is 0 Å². The third-order valence-corrected chi connectivity index (χ3v) is 2.42. The molecule has 0 saturated heterocycles. The largest absolute Gasteiger partial charge is 0.374 e. The third kappa shape index (κ3) is 3.74. The van der Waals surface area contributed by atoms with E-state index in [2.05, 4.69) is 55.3 Å². The van der Waals surface area contributed by atoms with Crippen molar-refractivity contribution in [1.29, 1.82) is 0 Å². The molecule has 0 aromatic heterocycles. The lowest BCUT2D eigenvalue weighted by Crippen LogP contribution is -2.22. The van der Waals surface area contributed by atoms with Crippen LogP contribution in [0.25, 0.3) is 0 Å². The van der Waals surface area contributed by atoms with Crippen molar-refractivity contribution in [1.82, 2.24) is 5.32 Å². The Morgan fingerprint density at radius 1 is 1.27 bits per heavy atom. The molecule has 0 aliphatic heterocycles. The fourth-order valence-corrected chi connectivity index (χ4v) is 1.46. The molecule has 0 heterocycles. The van der Waals surface area contributed by atoms with Crippen molar-refractivity contribution in [2.75, 3.05) is 6.54 Å². The smallest absolute Gasteiger partial charge is 0.0964 e. The molecule has 1 rings (SSSR count). The molecule has 0 fully saturated rings. The molecule has 0 spiro atoms. The van der Waals surface area contributed by atoms with E-state index in [1.54, 1.807) is 0 Å². The minimum atomic E-state index is 0.781. The number of nitrogens with one attached hydrogen (secondary N) is 1. The molecule has 82 valence electrons. The number of rotatable bonds is 4. The number of aryl methyl sites for hydroxylation is 1. The topological polar surface area (TPSA) is 24.4 Å². The van der Waals surface area contributed by atoms with Crippen LogP contribution in [0.15, 0.2) is 29.3 Å². The Morgan fingerprint density at radius 3 is 2.60 bits per heavy atom. The lowest BCUT2D eigenvalue weighted by atomic mass is 10.1. The van der Waals surface area contributed by atoms with Gasteiger partial charge in [-0.1, -0.05) is 31.2 Å². The predicted molar refractivity (Wildman–Crippen MR) is 66.3 cm³/mol. The summed E-state index contributed by atoms with van der Waals surface area (Å²) < 4.78 is 0. The molecular formula is C13H20N2. The van der Waals surface area contributed by atoms with Crippen molar-refractivity contribution in [3.8, 4) is 0 Å². The molecule has 1 aromatic rings. The molecule has 15 heavy (non-hydrogen) atoms. The van der Waals surface area contributed by atoms with Crippen molar-refractivity contribution in [2.45, 2.75) is 33.7 Å². The minimum absolute atomic E-state index is 0.781. The van der Waals surface area contributed by atoms with Crippen LogP contribution in [0.1, 0.15) is 31.4 Å². The van der Waals surface area contributed by atoms with Gasteiger partial charge in [0, 0.05) is 13.0 Å². The molecule has 1 aromatic carbocycles. The lowest BCUT2D eigenvalue weighted by molar-refractivity contribution is 0.904. The fraction of sp³-hybridized carbons (Fsp3) is 0.462. The molecule has 1 N–H and O–H groups in total. The number of aliphatic imine (C=N–C) groups is 1. The van der Waals surface area contributed by atoms with E-state index >= 15 is 0 Å². The van der Waals surface area contributed by atoms with E-state index in [1.807, 2.05) is 0 Å². The van der Waals surface area contributed by atoms with Crippen molar-refractivity contribution in [3.63, 3.8) is 0 Å². The van der Waals surface area contributed by atoms with E-state index in [1.165, 1.54) is 11.1 Å². The van der Waals surface area contributed by atoms with Gasteiger partial charge in [-0.2, -0.15) is 0 Å². The first-order valence-electron chi connectivity index (χ1n) is 5.59. The zero-order valence-corrected chi connectivity index (χ0v) is 9.88. The molecule has 0 aliphatic rings. The van der Waals surface area contributed by atoms with Gasteiger partial charge in [-0.3, -0.25) is 4.99 Å². The molecule has 2 heteroatoms.